The highest BCUT2D eigenvalue weighted by Gasteiger charge is 2.16. The zero-order chi connectivity index (χ0) is 16.3. The lowest BCUT2D eigenvalue weighted by Crippen LogP contribution is -2.28. The average Bonchev–Trinajstić information content (AvgIpc) is 2.95. The molecule has 0 atom stereocenters. The molecule has 116 valence electrons. The molecule has 0 N–H and O–H groups in total. The molecule has 0 fully saturated rings. The van der Waals surface area contributed by atoms with E-state index in [1.807, 2.05) is 0 Å². The highest BCUT2D eigenvalue weighted by Crippen LogP contribution is 2.20. The van der Waals surface area contributed by atoms with Crippen molar-refractivity contribution in [3.63, 3.8) is 0 Å². The van der Waals surface area contributed by atoms with Gasteiger partial charge in [-0.05, 0) is 12.1 Å². The highest BCUT2D eigenvalue weighted by molar-refractivity contribution is 5.92. The van der Waals surface area contributed by atoms with Crippen LogP contribution in [0.5, 0.6) is 0 Å². The first-order valence-corrected chi connectivity index (χ1v) is 6.27. The number of nitro groups is 1. The van der Waals surface area contributed by atoms with Crippen molar-refractivity contribution in [2.24, 2.45) is 0 Å². The molecule has 0 aliphatic heterocycles. The molecule has 0 radical (unpaired) electrons. The van der Waals surface area contributed by atoms with Crippen LogP contribution in [-0.2, 0) is 11.3 Å². The maximum atomic E-state index is 13.6. The lowest BCUT2D eigenvalue weighted by molar-refractivity contribution is -0.385. The van der Waals surface area contributed by atoms with Crippen LogP contribution in [0, 0.1) is 21.7 Å². The Morgan fingerprint density at radius 1 is 1.45 bits per heavy atom. The largest absolute Gasteiger partial charge is 0.313 e. The molecule has 9 heteroatoms. The van der Waals surface area contributed by atoms with Gasteiger partial charge in [0.15, 0.2) is 0 Å². The van der Waals surface area contributed by atoms with Crippen molar-refractivity contribution in [3.8, 4) is 0 Å². The van der Waals surface area contributed by atoms with Gasteiger partial charge in [-0.3, -0.25) is 19.6 Å². The Hall–Kier alpha value is -2.84. The number of carbonyl (C=O) groups is 1. The van der Waals surface area contributed by atoms with Gasteiger partial charge in [0.25, 0.3) is 0 Å². The third kappa shape index (κ3) is 3.43. The standard InChI is InChI=1S/C13H12F2N4O3/c1-17(12-6-9(14)2-3-11(12)15)13(20)4-5-18-8-10(7-16-18)19(21)22/h2-3,6-8H,4-5H2,1H3. The molecular weight excluding hydrogens is 298 g/mol. The van der Waals surface area contributed by atoms with E-state index in [-0.39, 0.29) is 24.3 Å². The van der Waals surface area contributed by atoms with E-state index in [2.05, 4.69) is 5.10 Å². The molecule has 1 aromatic heterocycles. The quantitative estimate of drug-likeness (QED) is 0.626. The molecule has 0 spiro atoms. The minimum absolute atomic E-state index is 0.0642. The van der Waals surface area contributed by atoms with Crippen LogP contribution in [0.1, 0.15) is 6.42 Å². The normalized spacial score (nSPS) is 10.5. The van der Waals surface area contributed by atoms with Crippen LogP contribution in [-0.4, -0.2) is 27.7 Å². The van der Waals surface area contributed by atoms with E-state index in [4.69, 9.17) is 0 Å². The molecule has 0 unspecified atom stereocenters. The molecule has 0 saturated heterocycles. The third-order valence-corrected chi connectivity index (χ3v) is 3.03. The molecule has 0 saturated carbocycles. The predicted molar refractivity (Wildman–Crippen MR) is 73.3 cm³/mol. The molecular formula is C13H12F2N4O3. The van der Waals surface area contributed by atoms with E-state index < -0.39 is 22.5 Å². The van der Waals surface area contributed by atoms with Crippen molar-refractivity contribution >= 4 is 17.3 Å². The summed E-state index contributed by atoms with van der Waals surface area (Å²) in [5.74, 6) is -1.84. The van der Waals surface area contributed by atoms with Gasteiger partial charge in [0, 0.05) is 26.1 Å². The Kier molecular flexibility index (Phi) is 4.44. The number of hydrogen-bond donors (Lipinski definition) is 0. The summed E-state index contributed by atoms with van der Waals surface area (Å²) in [6.07, 6.45) is 2.20. The van der Waals surface area contributed by atoms with Gasteiger partial charge in [0.2, 0.25) is 5.91 Å². The smallest absolute Gasteiger partial charge is 0.306 e. The van der Waals surface area contributed by atoms with Crippen molar-refractivity contribution in [3.05, 3.63) is 52.3 Å². The molecule has 22 heavy (non-hydrogen) atoms. The van der Waals surface area contributed by atoms with Crippen molar-refractivity contribution in [2.75, 3.05) is 11.9 Å². The summed E-state index contributed by atoms with van der Waals surface area (Å²) in [6, 6.07) is 2.82. The number of nitrogens with zero attached hydrogens (tertiary/aromatic N) is 4. The summed E-state index contributed by atoms with van der Waals surface area (Å²) in [6.45, 7) is 0.0912. The van der Waals surface area contributed by atoms with Crippen molar-refractivity contribution in [2.45, 2.75) is 13.0 Å². The highest BCUT2D eigenvalue weighted by atomic mass is 19.1. The Labute approximate surface area is 123 Å². The fourth-order valence-electron chi connectivity index (χ4n) is 1.82. The van der Waals surface area contributed by atoms with Crippen LogP contribution < -0.4 is 4.90 Å². The van der Waals surface area contributed by atoms with E-state index >= 15 is 0 Å². The summed E-state index contributed by atoms with van der Waals surface area (Å²) in [4.78, 5) is 22.9. The Morgan fingerprint density at radius 2 is 2.18 bits per heavy atom. The fraction of sp³-hybridized carbons (Fsp3) is 0.231. The molecule has 2 aromatic rings. The number of anilines is 1. The SMILES string of the molecule is CN(C(=O)CCn1cc([N+](=O)[O-])cn1)c1cc(F)ccc1F. The monoisotopic (exact) mass is 310 g/mol. The number of carbonyl (C=O) groups excluding carboxylic acids is 1. The van der Waals surface area contributed by atoms with Gasteiger partial charge in [-0.2, -0.15) is 5.10 Å². The molecule has 0 aliphatic rings. The molecule has 1 amide bonds. The van der Waals surface area contributed by atoms with Crippen molar-refractivity contribution in [1.82, 2.24) is 9.78 Å². The topological polar surface area (TPSA) is 81.3 Å². The Bertz CT molecular complexity index is 717. The average molecular weight is 310 g/mol. The zero-order valence-corrected chi connectivity index (χ0v) is 11.6. The second-order valence-corrected chi connectivity index (χ2v) is 4.52. The number of benzene rings is 1. The summed E-state index contributed by atoms with van der Waals surface area (Å²) in [7, 11) is 1.33. The summed E-state index contributed by atoms with van der Waals surface area (Å²) in [5.41, 5.74) is -0.353. The van der Waals surface area contributed by atoms with E-state index in [1.54, 1.807) is 0 Å². The van der Waals surface area contributed by atoms with E-state index in [0.717, 1.165) is 29.3 Å². The summed E-state index contributed by atoms with van der Waals surface area (Å²) >= 11 is 0. The van der Waals surface area contributed by atoms with Crippen LogP contribution in [0.15, 0.2) is 30.6 Å². The van der Waals surface area contributed by atoms with Crippen molar-refractivity contribution < 1.29 is 18.5 Å². The lowest BCUT2D eigenvalue weighted by Gasteiger charge is -2.18. The summed E-state index contributed by atoms with van der Waals surface area (Å²) in [5, 5.41) is 14.3. The lowest BCUT2D eigenvalue weighted by atomic mass is 10.2. The number of hydrogen-bond acceptors (Lipinski definition) is 4. The molecule has 7 nitrogen and oxygen atoms in total. The minimum Gasteiger partial charge on any atom is -0.313 e. The third-order valence-electron chi connectivity index (χ3n) is 3.03. The number of amides is 1. The number of halogens is 2. The summed E-state index contributed by atoms with van der Waals surface area (Å²) < 4.78 is 27.9. The molecule has 1 aromatic carbocycles. The second-order valence-electron chi connectivity index (χ2n) is 4.52. The maximum Gasteiger partial charge on any atom is 0.306 e. The van der Waals surface area contributed by atoms with E-state index in [0.29, 0.717) is 0 Å². The molecule has 1 heterocycles. The molecule has 0 aliphatic carbocycles. The van der Waals surface area contributed by atoms with Gasteiger partial charge >= 0.3 is 5.69 Å². The number of rotatable bonds is 5. The van der Waals surface area contributed by atoms with Crippen LogP contribution in [0.25, 0.3) is 0 Å². The number of aryl methyl sites for hydroxylation is 1. The maximum absolute atomic E-state index is 13.6. The first-order chi connectivity index (χ1) is 10.4. The Morgan fingerprint density at radius 3 is 2.82 bits per heavy atom. The second kappa shape index (κ2) is 6.29. The van der Waals surface area contributed by atoms with Crippen LogP contribution >= 0.6 is 0 Å². The Balaban J connectivity index is 2.02. The van der Waals surface area contributed by atoms with Gasteiger partial charge in [-0.15, -0.1) is 0 Å². The van der Waals surface area contributed by atoms with E-state index in [9.17, 15) is 23.7 Å². The van der Waals surface area contributed by atoms with Gasteiger partial charge < -0.3 is 4.90 Å². The minimum atomic E-state index is -0.716. The van der Waals surface area contributed by atoms with Gasteiger partial charge in [-0.25, -0.2) is 8.78 Å². The van der Waals surface area contributed by atoms with Crippen LogP contribution in [0.2, 0.25) is 0 Å². The van der Waals surface area contributed by atoms with E-state index in [1.165, 1.54) is 17.9 Å². The van der Waals surface area contributed by atoms with Gasteiger partial charge in [0.05, 0.1) is 10.6 Å². The van der Waals surface area contributed by atoms with Crippen molar-refractivity contribution in [1.29, 1.82) is 0 Å². The van der Waals surface area contributed by atoms with Crippen LogP contribution in [0.4, 0.5) is 20.2 Å². The first-order valence-electron chi connectivity index (χ1n) is 6.27. The zero-order valence-electron chi connectivity index (χ0n) is 11.6. The number of aromatic nitrogens is 2. The molecule has 0 bridgehead atoms. The first kappa shape index (κ1) is 15.5. The molecule has 2 rings (SSSR count). The van der Waals surface area contributed by atoms with Gasteiger partial charge in [-0.1, -0.05) is 0 Å². The van der Waals surface area contributed by atoms with Gasteiger partial charge in [0.1, 0.15) is 24.0 Å². The fourth-order valence-corrected chi connectivity index (χ4v) is 1.82. The predicted octanol–water partition coefficient (Wildman–Crippen LogP) is 2.12. The van der Waals surface area contributed by atoms with Crippen LogP contribution in [0.3, 0.4) is 0 Å².